The fraction of sp³-hybridized carbons (Fsp3) is 0.111. The van der Waals surface area contributed by atoms with E-state index in [-0.39, 0.29) is 16.9 Å². The van der Waals surface area contributed by atoms with Gasteiger partial charge in [-0.3, -0.25) is 0 Å². The third-order valence-electron chi connectivity index (χ3n) is 1.77. The number of aromatic nitrogens is 1. The Balaban J connectivity index is 2.46. The molecule has 0 fully saturated rings. The molecule has 0 spiro atoms. The van der Waals surface area contributed by atoms with Crippen LogP contribution in [0.3, 0.4) is 0 Å². The van der Waals surface area contributed by atoms with Gasteiger partial charge in [-0.15, -0.1) is 0 Å². The molecular formula is C9H6ClNO4. The Morgan fingerprint density at radius 3 is 2.67 bits per heavy atom. The minimum Gasteiger partial charge on any atom is -0.475 e. The maximum atomic E-state index is 10.7. The maximum absolute atomic E-state index is 10.7. The van der Waals surface area contributed by atoms with Gasteiger partial charge in [0, 0.05) is 0 Å². The number of aromatic carboxylic acids is 1. The molecule has 0 bridgehead atoms. The maximum Gasteiger partial charge on any atom is 0.373 e. The Morgan fingerprint density at radius 2 is 2.20 bits per heavy atom. The zero-order valence-corrected chi connectivity index (χ0v) is 8.41. The van der Waals surface area contributed by atoms with E-state index >= 15 is 0 Å². The van der Waals surface area contributed by atoms with Crippen molar-refractivity contribution in [2.24, 2.45) is 0 Å². The molecule has 0 saturated heterocycles. The Bertz CT molecular complexity index is 514. The van der Waals surface area contributed by atoms with Crippen molar-refractivity contribution >= 4 is 17.6 Å². The first-order chi connectivity index (χ1) is 7.08. The van der Waals surface area contributed by atoms with Gasteiger partial charge >= 0.3 is 5.97 Å². The van der Waals surface area contributed by atoms with Crippen molar-refractivity contribution < 1.29 is 18.7 Å². The molecule has 2 aromatic rings. The topological polar surface area (TPSA) is 76.5 Å². The van der Waals surface area contributed by atoms with Crippen molar-refractivity contribution in [3.05, 3.63) is 28.8 Å². The molecule has 78 valence electrons. The van der Waals surface area contributed by atoms with Crippen LogP contribution < -0.4 is 0 Å². The summed E-state index contributed by atoms with van der Waals surface area (Å²) in [6.07, 6.45) is 0. The summed E-state index contributed by atoms with van der Waals surface area (Å²) in [5, 5.41) is 8.93. The molecule has 2 heterocycles. The van der Waals surface area contributed by atoms with E-state index < -0.39 is 5.97 Å². The van der Waals surface area contributed by atoms with Crippen LogP contribution in [0.4, 0.5) is 0 Å². The number of carboxylic acid groups (broad SMARTS) is 1. The Kier molecular flexibility index (Phi) is 2.24. The first kappa shape index (κ1) is 9.79. The second-order valence-electron chi connectivity index (χ2n) is 2.84. The molecule has 0 aliphatic heterocycles. The van der Waals surface area contributed by atoms with Crippen LogP contribution in [-0.2, 0) is 0 Å². The van der Waals surface area contributed by atoms with Crippen molar-refractivity contribution in [1.82, 2.24) is 4.98 Å². The summed E-state index contributed by atoms with van der Waals surface area (Å²) in [6.45, 7) is 1.54. The molecule has 0 radical (unpaired) electrons. The number of rotatable bonds is 2. The molecule has 0 unspecified atom stereocenters. The summed E-state index contributed by atoms with van der Waals surface area (Å²) in [5.41, 5.74) is 0.296. The van der Waals surface area contributed by atoms with Gasteiger partial charge in [-0.2, -0.15) is 0 Å². The normalized spacial score (nSPS) is 10.5. The zero-order valence-electron chi connectivity index (χ0n) is 7.65. The molecule has 0 aliphatic rings. The third-order valence-corrected chi connectivity index (χ3v) is 1.98. The monoisotopic (exact) mass is 227 g/mol. The molecule has 0 amide bonds. The van der Waals surface area contributed by atoms with Crippen LogP contribution in [0.1, 0.15) is 16.2 Å². The quantitative estimate of drug-likeness (QED) is 0.853. The lowest BCUT2D eigenvalue weighted by atomic mass is 10.4. The standard InChI is InChI=1S/C9H6ClNO4/c1-4-7(9(12)13)15-8(11-4)5-2-3-6(10)14-5/h2-3H,1H3,(H,12,13). The second kappa shape index (κ2) is 3.43. The van der Waals surface area contributed by atoms with E-state index in [1.54, 1.807) is 13.0 Å². The molecule has 0 aromatic carbocycles. The number of halogens is 1. The fourth-order valence-corrected chi connectivity index (χ4v) is 1.28. The molecule has 1 N–H and O–H groups in total. The molecule has 0 atom stereocenters. The summed E-state index contributed by atoms with van der Waals surface area (Å²) < 4.78 is 10.0. The Hall–Kier alpha value is -1.75. The predicted molar refractivity (Wildman–Crippen MR) is 50.9 cm³/mol. The molecule has 2 rings (SSSR count). The molecule has 5 nitrogen and oxygen atoms in total. The van der Waals surface area contributed by atoms with Crippen molar-refractivity contribution in [3.8, 4) is 11.7 Å². The lowest BCUT2D eigenvalue weighted by Crippen LogP contribution is -1.95. The van der Waals surface area contributed by atoms with Crippen molar-refractivity contribution in [1.29, 1.82) is 0 Å². The van der Waals surface area contributed by atoms with E-state index in [2.05, 4.69) is 4.98 Å². The van der Waals surface area contributed by atoms with Crippen molar-refractivity contribution in [2.45, 2.75) is 6.92 Å². The van der Waals surface area contributed by atoms with E-state index in [4.69, 9.17) is 25.5 Å². The minimum absolute atomic E-state index is 0.108. The number of carbonyl (C=O) groups is 1. The van der Waals surface area contributed by atoms with E-state index in [1.807, 2.05) is 0 Å². The summed E-state index contributed by atoms with van der Waals surface area (Å²) in [6, 6.07) is 3.08. The van der Waals surface area contributed by atoms with Crippen molar-refractivity contribution in [2.75, 3.05) is 0 Å². The third kappa shape index (κ3) is 1.73. The van der Waals surface area contributed by atoms with Gasteiger partial charge in [-0.1, -0.05) is 0 Å². The minimum atomic E-state index is -1.16. The van der Waals surface area contributed by atoms with Gasteiger partial charge < -0.3 is 13.9 Å². The number of nitrogens with zero attached hydrogens (tertiary/aromatic N) is 1. The molecule has 15 heavy (non-hydrogen) atoms. The summed E-state index contributed by atoms with van der Waals surface area (Å²) in [5.74, 6) is -0.950. The number of oxazole rings is 1. The Morgan fingerprint density at radius 1 is 1.47 bits per heavy atom. The average Bonchev–Trinajstić information content (AvgIpc) is 2.71. The van der Waals surface area contributed by atoms with Crippen LogP contribution in [0, 0.1) is 6.92 Å². The highest BCUT2D eigenvalue weighted by molar-refractivity contribution is 6.28. The first-order valence-corrected chi connectivity index (χ1v) is 4.42. The molecule has 0 aliphatic carbocycles. The van der Waals surface area contributed by atoms with Crippen LogP contribution in [0.2, 0.25) is 5.22 Å². The van der Waals surface area contributed by atoms with Gasteiger partial charge in [0.2, 0.25) is 5.76 Å². The van der Waals surface area contributed by atoms with Crippen LogP contribution in [0.5, 0.6) is 0 Å². The highest BCUT2D eigenvalue weighted by Gasteiger charge is 2.18. The van der Waals surface area contributed by atoms with Crippen LogP contribution >= 0.6 is 11.6 Å². The smallest absolute Gasteiger partial charge is 0.373 e. The van der Waals surface area contributed by atoms with E-state index in [1.165, 1.54) is 6.07 Å². The number of carboxylic acids is 1. The van der Waals surface area contributed by atoms with Crippen LogP contribution in [0.25, 0.3) is 11.7 Å². The lowest BCUT2D eigenvalue weighted by Gasteiger charge is -1.86. The summed E-state index contributed by atoms with van der Waals surface area (Å²) in [4.78, 5) is 14.6. The van der Waals surface area contributed by atoms with Gasteiger partial charge in [0.15, 0.2) is 11.0 Å². The van der Waals surface area contributed by atoms with Gasteiger partial charge in [-0.05, 0) is 30.7 Å². The largest absolute Gasteiger partial charge is 0.475 e. The molecule has 0 saturated carbocycles. The summed E-state index contributed by atoms with van der Waals surface area (Å²) >= 11 is 5.57. The second-order valence-corrected chi connectivity index (χ2v) is 3.21. The SMILES string of the molecule is Cc1nc(-c2ccc(Cl)o2)oc1C(=O)O. The van der Waals surface area contributed by atoms with E-state index in [0.717, 1.165) is 0 Å². The lowest BCUT2D eigenvalue weighted by molar-refractivity contribution is 0.0662. The number of hydrogen-bond acceptors (Lipinski definition) is 4. The fourth-order valence-electron chi connectivity index (χ4n) is 1.13. The first-order valence-electron chi connectivity index (χ1n) is 4.04. The molecular weight excluding hydrogens is 222 g/mol. The van der Waals surface area contributed by atoms with E-state index in [0.29, 0.717) is 11.5 Å². The number of furan rings is 1. The summed E-state index contributed by atoms with van der Waals surface area (Å²) in [7, 11) is 0. The highest BCUT2D eigenvalue weighted by atomic mass is 35.5. The van der Waals surface area contributed by atoms with Crippen molar-refractivity contribution in [3.63, 3.8) is 0 Å². The van der Waals surface area contributed by atoms with E-state index in [9.17, 15) is 4.79 Å². The Labute approximate surface area is 89.3 Å². The van der Waals surface area contributed by atoms with Gasteiger partial charge in [0.05, 0.1) is 5.69 Å². The zero-order chi connectivity index (χ0) is 11.0. The molecule has 2 aromatic heterocycles. The van der Waals surface area contributed by atoms with Crippen LogP contribution in [0.15, 0.2) is 21.0 Å². The number of aryl methyl sites for hydroxylation is 1. The number of hydrogen-bond donors (Lipinski definition) is 1. The van der Waals surface area contributed by atoms with Gasteiger partial charge in [0.25, 0.3) is 5.89 Å². The predicted octanol–water partition coefficient (Wildman–Crippen LogP) is 2.59. The molecule has 6 heteroatoms. The van der Waals surface area contributed by atoms with Gasteiger partial charge in [0.1, 0.15) is 0 Å². The highest BCUT2D eigenvalue weighted by Crippen LogP contribution is 2.25. The average molecular weight is 228 g/mol. The van der Waals surface area contributed by atoms with Crippen LogP contribution in [-0.4, -0.2) is 16.1 Å². The van der Waals surface area contributed by atoms with Gasteiger partial charge in [-0.25, -0.2) is 9.78 Å².